The molecule has 1 saturated heterocycles. The lowest BCUT2D eigenvalue weighted by Crippen LogP contribution is -2.37. The second-order valence-corrected chi connectivity index (χ2v) is 2.30. The second-order valence-electron chi connectivity index (χ2n) is 2.30. The number of hydrogen-bond donors (Lipinski definition) is 4. The van der Waals surface area contributed by atoms with Gasteiger partial charge in [0.2, 0.25) is 0 Å². The summed E-state index contributed by atoms with van der Waals surface area (Å²) in [5.41, 5.74) is 5.19. The normalized spacial score (nSPS) is 48.0. The van der Waals surface area contributed by atoms with Crippen molar-refractivity contribution in [3.8, 4) is 0 Å². The maximum absolute atomic E-state index is 9.01. The van der Waals surface area contributed by atoms with Crippen LogP contribution in [0.2, 0.25) is 0 Å². The van der Waals surface area contributed by atoms with Gasteiger partial charge in [0, 0.05) is 0 Å². The number of ether oxygens (including phenoxy) is 1. The summed E-state index contributed by atoms with van der Waals surface area (Å²) in [5.74, 6) is 0. The van der Waals surface area contributed by atoms with Crippen LogP contribution in [0.15, 0.2) is 0 Å². The van der Waals surface area contributed by atoms with Gasteiger partial charge in [-0.2, -0.15) is 0 Å². The average molecular weight is 149 g/mol. The van der Waals surface area contributed by atoms with E-state index in [0.29, 0.717) is 0 Å². The highest BCUT2D eigenvalue weighted by Crippen LogP contribution is 2.16. The van der Waals surface area contributed by atoms with Crippen LogP contribution in [-0.4, -0.2) is 46.5 Å². The second kappa shape index (κ2) is 2.81. The van der Waals surface area contributed by atoms with Gasteiger partial charge in [-0.1, -0.05) is 0 Å². The zero-order valence-corrected chi connectivity index (χ0v) is 5.34. The summed E-state index contributed by atoms with van der Waals surface area (Å²) in [4.78, 5) is 0. The lowest BCUT2D eigenvalue weighted by Gasteiger charge is -2.09. The number of nitrogens with two attached hydrogens (primary N) is 1. The van der Waals surface area contributed by atoms with Crippen molar-refractivity contribution in [3.05, 3.63) is 0 Å². The third-order valence-electron chi connectivity index (χ3n) is 1.58. The molecule has 0 amide bonds. The summed E-state index contributed by atoms with van der Waals surface area (Å²) in [7, 11) is 0. The van der Waals surface area contributed by atoms with Crippen molar-refractivity contribution in [2.45, 2.75) is 24.5 Å². The van der Waals surface area contributed by atoms with Crippen molar-refractivity contribution in [2.75, 3.05) is 6.61 Å². The fraction of sp³-hybridized carbons (Fsp3) is 1.00. The summed E-state index contributed by atoms with van der Waals surface area (Å²) in [6.07, 6.45) is -3.78. The lowest BCUT2D eigenvalue weighted by molar-refractivity contribution is -0.0200. The molecule has 0 aliphatic carbocycles. The van der Waals surface area contributed by atoms with Gasteiger partial charge in [0.25, 0.3) is 0 Å². The van der Waals surface area contributed by atoms with E-state index in [1.807, 2.05) is 0 Å². The van der Waals surface area contributed by atoms with Gasteiger partial charge in [0.05, 0.1) is 6.61 Å². The van der Waals surface area contributed by atoms with E-state index in [-0.39, 0.29) is 6.61 Å². The first-order valence-corrected chi connectivity index (χ1v) is 3.05. The molecular weight excluding hydrogens is 138 g/mol. The minimum atomic E-state index is -1.09. The first-order chi connectivity index (χ1) is 4.66. The molecule has 10 heavy (non-hydrogen) atoms. The molecule has 2 unspecified atom stereocenters. The molecule has 0 aromatic carbocycles. The number of rotatable bonds is 1. The van der Waals surface area contributed by atoms with Crippen LogP contribution in [0.3, 0.4) is 0 Å². The molecule has 4 atom stereocenters. The molecule has 0 aromatic heterocycles. The Bertz CT molecular complexity index is 120. The van der Waals surface area contributed by atoms with Crippen molar-refractivity contribution < 1.29 is 20.1 Å². The Labute approximate surface area is 58.0 Å². The third kappa shape index (κ3) is 1.14. The van der Waals surface area contributed by atoms with Crippen molar-refractivity contribution in [1.29, 1.82) is 0 Å². The molecule has 0 radical (unpaired) electrons. The van der Waals surface area contributed by atoms with Crippen LogP contribution in [-0.2, 0) is 4.74 Å². The predicted molar refractivity (Wildman–Crippen MR) is 31.9 cm³/mol. The Kier molecular flexibility index (Phi) is 2.22. The molecule has 0 bridgehead atoms. The van der Waals surface area contributed by atoms with Gasteiger partial charge in [-0.15, -0.1) is 0 Å². The van der Waals surface area contributed by atoms with Crippen molar-refractivity contribution >= 4 is 0 Å². The Morgan fingerprint density at radius 1 is 1.30 bits per heavy atom. The third-order valence-corrected chi connectivity index (χ3v) is 1.58. The summed E-state index contributed by atoms with van der Waals surface area (Å²) in [6.45, 7) is -0.327. The first-order valence-electron chi connectivity index (χ1n) is 3.05. The van der Waals surface area contributed by atoms with Gasteiger partial charge in [0.1, 0.15) is 24.5 Å². The quantitative estimate of drug-likeness (QED) is 0.327. The molecule has 1 aliphatic rings. The van der Waals surface area contributed by atoms with Crippen molar-refractivity contribution in [2.24, 2.45) is 5.73 Å². The van der Waals surface area contributed by atoms with E-state index < -0.39 is 24.5 Å². The van der Waals surface area contributed by atoms with E-state index in [4.69, 9.17) is 25.8 Å². The standard InChI is InChI=1S/C5H11NO4/c6-5-4(9)3(8)2(1-7)10-5/h2-5,7-9H,1,6H2/t2-,3?,4?,5-/m1/s1. The summed E-state index contributed by atoms with van der Waals surface area (Å²) < 4.78 is 4.76. The molecule has 1 rings (SSSR count). The van der Waals surface area contributed by atoms with Gasteiger partial charge in [-0.25, -0.2) is 0 Å². The Morgan fingerprint density at radius 2 is 1.90 bits per heavy atom. The van der Waals surface area contributed by atoms with Crippen LogP contribution >= 0.6 is 0 Å². The van der Waals surface area contributed by atoms with E-state index >= 15 is 0 Å². The summed E-state index contributed by atoms with van der Waals surface area (Å²) >= 11 is 0. The lowest BCUT2D eigenvalue weighted by atomic mass is 10.1. The Balaban J connectivity index is 2.53. The average Bonchev–Trinajstić information content (AvgIpc) is 2.17. The molecule has 5 N–H and O–H groups in total. The molecule has 1 fully saturated rings. The minimum absolute atomic E-state index is 0.327. The minimum Gasteiger partial charge on any atom is -0.394 e. The topological polar surface area (TPSA) is 95.9 Å². The van der Waals surface area contributed by atoms with Crippen LogP contribution < -0.4 is 5.73 Å². The molecule has 1 aliphatic heterocycles. The highest BCUT2D eigenvalue weighted by molar-refractivity contribution is 4.86. The molecule has 1 heterocycles. The number of hydrogen-bond acceptors (Lipinski definition) is 5. The molecule has 5 heteroatoms. The molecular formula is C5H11NO4. The fourth-order valence-electron chi connectivity index (χ4n) is 0.928. The largest absolute Gasteiger partial charge is 0.394 e. The highest BCUT2D eigenvalue weighted by atomic mass is 16.6. The van der Waals surface area contributed by atoms with Gasteiger partial charge < -0.3 is 25.8 Å². The summed E-state index contributed by atoms with van der Waals surface area (Å²) in [6, 6.07) is 0. The van der Waals surface area contributed by atoms with E-state index in [1.165, 1.54) is 0 Å². The van der Waals surface area contributed by atoms with E-state index in [0.717, 1.165) is 0 Å². The van der Waals surface area contributed by atoms with E-state index in [1.54, 1.807) is 0 Å². The SMILES string of the molecule is N[C@@H]1O[C@H](CO)C(O)C1O. The number of aliphatic hydroxyl groups is 3. The zero-order chi connectivity index (χ0) is 7.72. The maximum atomic E-state index is 9.01. The highest BCUT2D eigenvalue weighted by Gasteiger charge is 2.39. The molecule has 0 aromatic rings. The van der Waals surface area contributed by atoms with Crippen LogP contribution in [0, 0.1) is 0 Å². The molecule has 60 valence electrons. The smallest absolute Gasteiger partial charge is 0.135 e. The molecule has 0 saturated carbocycles. The Hall–Kier alpha value is -0.200. The number of aliphatic hydroxyl groups excluding tert-OH is 3. The zero-order valence-electron chi connectivity index (χ0n) is 5.34. The van der Waals surface area contributed by atoms with E-state index in [2.05, 4.69) is 0 Å². The van der Waals surface area contributed by atoms with Gasteiger partial charge in [-0.05, 0) is 0 Å². The predicted octanol–water partition coefficient (Wildman–Crippen LogP) is -2.62. The summed E-state index contributed by atoms with van der Waals surface area (Å²) in [5, 5.41) is 26.5. The molecule has 5 nitrogen and oxygen atoms in total. The van der Waals surface area contributed by atoms with Gasteiger partial charge in [0.15, 0.2) is 0 Å². The first kappa shape index (κ1) is 7.90. The van der Waals surface area contributed by atoms with Crippen molar-refractivity contribution in [1.82, 2.24) is 0 Å². The van der Waals surface area contributed by atoms with Crippen LogP contribution in [0.1, 0.15) is 0 Å². The maximum Gasteiger partial charge on any atom is 0.135 e. The van der Waals surface area contributed by atoms with Gasteiger partial charge >= 0.3 is 0 Å². The van der Waals surface area contributed by atoms with Crippen LogP contribution in [0.4, 0.5) is 0 Å². The molecule has 0 spiro atoms. The van der Waals surface area contributed by atoms with Gasteiger partial charge in [-0.3, -0.25) is 0 Å². The van der Waals surface area contributed by atoms with E-state index in [9.17, 15) is 0 Å². The van der Waals surface area contributed by atoms with Crippen LogP contribution in [0.5, 0.6) is 0 Å². The Morgan fingerprint density at radius 3 is 2.10 bits per heavy atom. The van der Waals surface area contributed by atoms with Crippen molar-refractivity contribution in [3.63, 3.8) is 0 Å². The fourth-order valence-corrected chi connectivity index (χ4v) is 0.928. The monoisotopic (exact) mass is 149 g/mol. The van der Waals surface area contributed by atoms with Crippen LogP contribution in [0.25, 0.3) is 0 Å².